The number of imide groups is 1. The van der Waals surface area contributed by atoms with Gasteiger partial charge in [-0.1, -0.05) is 36.4 Å². The van der Waals surface area contributed by atoms with Crippen LogP contribution < -0.4 is 15.4 Å². The molecule has 0 heterocycles. The van der Waals surface area contributed by atoms with E-state index >= 15 is 0 Å². The molecule has 0 atom stereocenters. The SMILES string of the molecule is CC(C)NC(=O)NC(=O)COC(=O)c1cccc(S(=O)(=O)NCc2ccccc2)c1. The first-order valence-electron chi connectivity index (χ1n) is 9.08. The number of hydrogen-bond donors (Lipinski definition) is 3. The first-order valence-corrected chi connectivity index (χ1v) is 10.6. The van der Waals surface area contributed by atoms with Gasteiger partial charge in [0.15, 0.2) is 6.61 Å². The Labute approximate surface area is 174 Å². The van der Waals surface area contributed by atoms with Gasteiger partial charge in [0.05, 0.1) is 10.5 Å². The largest absolute Gasteiger partial charge is 0.452 e. The molecule has 0 bridgehead atoms. The zero-order valence-electron chi connectivity index (χ0n) is 16.5. The lowest BCUT2D eigenvalue weighted by molar-refractivity contribution is -0.123. The Hall–Kier alpha value is -3.24. The van der Waals surface area contributed by atoms with Crippen LogP contribution in [0, 0.1) is 0 Å². The summed E-state index contributed by atoms with van der Waals surface area (Å²) in [7, 11) is -3.86. The van der Waals surface area contributed by atoms with Crippen LogP contribution in [-0.2, 0) is 26.1 Å². The molecule has 0 unspecified atom stereocenters. The van der Waals surface area contributed by atoms with Gasteiger partial charge in [0.25, 0.3) is 5.91 Å². The van der Waals surface area contributed by atoms with Crippen molar-refractivity contribution in [3.63, 3.8) is 0 Å². The van der Waals surface area contributed by atoms with Crippen molar-refractivity contribution in [2.24, 2.45) is 0 Å². The number of ether oxygens (including phenoxy) is 1. The first kappa shape index (κ1) is 23.0. The van der Waals surface area contributed by atoms with Crippen molar-refractivity contribution in [1.82, 2.24) is 15.4 Å². The maximum atomic E-state index is 12.5. The molecule has 0 fully saturated rings. The molecule has 0 aromatic heterocycles. The average molecular weight is 433 g/mol. The van der Waals surface area contributed by atoms with Crippen molar-refractivity contribution in [2.45, 2.75) is 31.3 Å². The summed E-state index contributed by atoms with van der Waals surface area (Å²) in [4.78, 5) is 35.1. The Bertz CT molecular complexity index is 1010. The van der Waals surface area contributed by atoms with Crippen LogP contribution in [0.1, 0.15) is 29.8 Å². The van der Waals surface area contributed by atoms with Crippen molar-refractivity contribution in [3.8, 4) is 0 Å². The fourth-order valence-corrected chi connectivity index (χ4v) is 3.39. The lowest BCUT2D eigenvalue weighted by Crippen LogP contribution is -2.44. The molecule has 0 radical (unpaired) electrons. The van der Waals surface area contributed by atoms with E-state index in [1.807, 2.05) is 11.4 Å². The van der Waals surface area contributed by atoms with E-state index in [0.717, 1.165) is 11.6 Å². The maximum absolute atomic E-state index is 12.5. The molecular weight excluding hydrogens is 410 g/mol. The summed E-state index contributed by atoms with van der Waals surface area (Å²) in [6.07, 6.45) is 0. The second kappa shape index (κ2) is 10.5. The van der Waals surface area contributed by atoms with Crippen molar-refractivity contribution in [1.29, 1.82) is 0 Å². The molecule has 0 aliphatic carbocycles. The Morgan fingerprint density at radius 2 is 1.70 bits per heavy atom. The number of carbonyl (C=O) groups excluding carboxylic acids is 3. The normalized spacial score (nSPS) is 11.0. The zero-order valence-corrected chi connectivity index (χ0v) is 17.4. The van der Waals surface area contributed by atoms with Gasteiger partial charge < -0.3 is 10.1 Å². The average Bonchev–Trinajstić information content (AvgIpc) is 2.71. The lowest BCUT2D eigenvalue weighted by atomic mass is 10.2. The molecular formula is C20H23N3O6S. The summed E-state index contributed by atoms with van der Waals surface area (Å²) in [5.74, 6) is -1.70. The van der Waals surface area contributed by atoms with E-state index in [9.17, 15) is 22.8 Å². The first-order chi connectivity index (χ1) is 14.2. The molecule has 2 aromatic rings. The molecule has 0 aliphatic rings. The molecule has 3 N–H and O–H groups in total. The summed E-state index contributed by atoms with van der Waals surface area (Å²) < 4.78 is 32.3. The molecule has 2 rings (SSSR count). The Morgan fingerprint density at radius 1 is 1.00 bits per heavy atom. The van der Waals surface area contributed by atoms with Crippen LogP contribution in [0.3, 0.4) is 0 Å². The van der Waals surface area contributed by atoms with E-state index in [2.05, 4.69) is 10.0 Å². The number of amides is 3. The molecule has 3 amide bonds. The highest BCUT2D eigenvalue weighted by atomic mass is 32.2. The lowest BCUT2D eigenvalue weighted by Gasteiger charge is -2.10. The predicted molar refractivity (Wildman–Crippen MR) is 109 cm³/mol. The van der Waals surface area contributed by atoms with Gasteiger partial charge in [0, 0.05) is 12.6 Å². The fourth-order valence-electron chi connectivity index (χ4n) is 2.32. The number of esters is 1. The maximum Gasteiger partial charge on any atom is 0.338 e. The quantitative estimate of drug-likeness (QED) is 0.542. The van der Waals surface area contributed by atoms with Gasteiger partial charge in [-0.3, -0.25) is 10.1 Å². The molecule has 0 spiro atoms. The van der Waals surface area contributed by atoms with E-state index in [1.54, 1.807) is 38.1 Å². The molecule has 9 nitrogen and oxygen atoms in total. The summed E-state index contributed by atoms with van der Waals surface area (Å²) in [5, 5.41) is 4.47. The van der Waals surface area contributed by atoms with E-state index in [4.69, 9.17) is 4.74 Å². The molecule has 0 saturated carbocycles. The van der Waals surface area contributed by atoms with Gasteiger partial charge in [-0.05, 0) is 37.6 Å². The number of benzene rings is 2. The summed E-state index contributed by atoms with van der Waals surface area (Å²) >= 11 is 0. The fraction of sp³-hybridized carbons (Fsp3) is 0.250. The van der Waals surface area contributed by atoms with Crippen LogP contribution >= 0.6 is 0 Å². The Kier molecular flexibility index (Phi) is 8.07. The number of sulfonamides is 1. The Morgan fingerprint density at radius 3 is 2.37 bits per heavy atom. The number of urea groups is 1. The second-order valence-electron chi connectivity index (χ2n) is 6.59. The minimum absolute atomic E-state index is 0.0444. The van der Waals surface area contributed by atoms with Gasteiger partial charge in [-0.15, -0.1) is 0 Å². The van der Waals surface area contributed by atoms with E-state index in [-0.39, 0.29) is 23.0 Å². The second-order valence-corrected chi connectivity index (χ2v) is 8.36. The minimum Gasteiger partial charge on any atom is -0.452 e. The van der Waals surface area contributed by atoms with Crippen LogP contribution in [0.15, 0.2) is 59.5 Å². The van der Waals surface area contributed by atoms with E-state index in [1.165, 1.54) is 18.2 Å². The summed E-state index contributed by atoms with van der Waals surface area (Å²) in [6, 6.07) is 13.4. The molecule has 2 aromatic carbocycles. The van der Waals surface area contributed by atoms with Crippen molar-refractivity contribution >= 4 is 27.9 Å². The molecule has 0 saturated heterocycles. The monoisotopic (exact) mass is 433 g/mol. The van der Waals surface area contributed by atoms with Gasteiger partial charge in [0.2, 0.25) is 10.0 Å². The topological polar surface area (TPSA) is 131 Å². The van der Waals surface area contributed by atoms with Crippen LogP contribution in [0.25, 0.3) is 0 Å². The molecule has 160 valence electrons. The number of rotatable bonds is 8. The number of hydrogen-bond acceptors (Lipinski definition) is 6. The number of nitrogens with one attached hydrogen (secondary N) is 3. The number of carbonyl (C=O) groups is 3. The molecule has 10 heteroatoms. The highest BCUT2D eigenvalue weighted by Crippen LogP contribution is 2.13. The van der Waals surface area contributed by atoms with Gasteiger partial charge in [0.1, 0.15) is 0 Å². The van der Waals surface area contributed by atoms with Crippen molar-refractivity contribution in [3.05, 3.63) is 65.7 Å². The standard InChI is InChI=1S/C20H23N3O6S/c1-14(2)22-20(26)23-18(24)13-29-19(25)16-9-6-10-17(11-16)30(27,28)21-12-15-7-4-3-5-8-15/h3-11,14,21H,12-13H2,1-2H3,(H2,22,23,24,26). The van der Waals surface area contributed by atoms with Gasteiger partial charge in [-0.2, -0.15) is 0 Å². The van der Waals surface area contributed by atoms with Crippen LogP contribution in [0.4, 0.5) is 4.79 Å². The van der Waals surface area contributed by atoms with Crippen LogP contribution in [0.5, 0.6) is 0 Å². The van der Waals surface area contributed by atoms with Crippen molar-refractivity contribution in [2.75, 3.05) is 6.61 Å². The van der Waals surface area contributed by atoms with Crippen LogP contribution in [-0.4, -0.2) is 39.0 Å². The van der Waals surface area contributed by atoms with Crippen molar-refractivity contribution < 1.29 is 27.5 Å². The third kappa shape index (κ3) is 7.30. The van der Waals surface area contributed by atoms with E-state index in [0.29, 0.717) is 0 Å². The highest BCUT2D eigenvalue weighted by Gasteiger charge is 2.18. The smallest absolute Gasteiger partial charge is 0.338 e. The summed E-state index contributed by atoms with van der Waals surface area (Å²) in [6.45, 7) is 2.85. The predicted octanol–water partition coefficient (Wildman–Crippen LogP) is 1.56. The third-order valence-electron chi connectivity index (χ3n) is 3.70. The Balaban J connectivity index is 1.96. The minimum atomic E-state index is -3.86. The third-order valence-corrected chi connectivity index (χ3v) is 5.10. The van der Waals surface area contributed by atoms with Crippen LogP contribution in [0.2, 0.25) is 0 Å². The highest BCUT2D eigenvalue weighted by molar-refractivity contribution is 7.89. The molecule has 0 aliphatic heterocycles. The van der Waals surface area contributed by atoms with Gasteiger partial charge in [-0.25, -0.2) is 22.7 Å². The zero-order chi connectivity index (χ0) is 22.1. The van der Waals surface area contributed by atoms with Gasteiger partial charge >= 0.3 is 12.0 Å². The van der Waals surface area contributed by atoms with E-state index < -0.39 is 34.5 Å². The molecule has 30 heavy (non-hydrogen) atoms. The summed E-state index contributed by atoms with van der Waals surface area (Å²) in [5.41, 5.74) is 0.737.